The van der Waals surface area contributed by atoms with Gasteiger partial charge in [0.2, 0.25) is 0 Å². The van der Waals surface area contributed by atoms with Crippen LogP contribution in [0.15, 0.2) is 11.6 Å². The first-order chi connectivity index (χ1) is 8.31. The molecule has 1 rings (SSSR count). The largest absolute Gasteiger partial charge is 0.468 e. The first-order valence-corrected chi connectivity index (χ1v) is 9.73. The molecule has 0 unspecified atom stereocenters. The molecule has 0 aromatic carbocycles. The number of carbonyl (C=O) groups is 2. The van der Waals surface area contributed by atoms with Gasteiger partial charge in [0.15, 0.2) is 5.92 Å². The van der Waals surface area contributed by atoms with Gasteiger partial charge < -0.3 is 9.47 Å². The molecule has 0 aliphatic heterocycles. The third-order valence-corrected chi connectivity index (χ3v) is 6.03. The minimum absolute atomic E-state index is 0.385. The molecular weight excluding hydrogens is 248 g/mol. The highest BCUT2D eigenvalue weighted by Gasteiger charge is 2.41. The van der Waals surface area contributed by atoms with E-state index in [2.05, 4.69) is 29.1 Å². The highest BCUT2D eigenvalue weighted by molar-refractivity contribution is 6.79. The maximum Gasteiger partial charge on any atom is 0.320 e. The van der Waals surface area contributed by atoms with Crippen LogP contribution in [0, 0.1) is 5.92 Å². The predicted octanol–water partition coefficient (Wildman–Crippen LogP) is 2.38. The Kier molecular flexibility index (Phi) is 4.73. The minimum Gasteiger partial charge on any atom is -0.468 e. The van der Waals surface area contributed by atoms with E-state index in [1.165, 1.54) is 19.8 Å². The molecule has 102 valence electrons. The van der Waals surface area contributed by atoms with E-state index in [1.54, 1.807) is 0 Å². The Balaban J connectivity index is 2.62. The van der Waals surface area contributed by atoms with Crippen LogP contribution in [0.2, 0.25) is 25.2 Å². The summed E-state index contributed by atoms with van der Waals surface area (Å²) < 4.78 is 9.24. The SMILES string of the molecule is COC(=O)C(C/C=C1\C[C@H]1[Si](C)(C)C)C(=O)OC. The van der Waals surface area contributed by atoms with E-state index in [4.69, 9.17) is 0 Å². The molecule has 0 N–H and O–H groups in total. The van der Waals surface area contributed by atoms with Crippen LogP contribution in [0.25, 0.3) is 0 Å². The zero-order chi connectivity index (χ0) is 13.9. The lowest BCUT2D eigenvalue weighted by molar-refractivity contribution is -0.158. The Morgan fingerprint density at radius 2 is 1.78 bits per heavy atom. The van der Waals surface area contributed by atoms with Gasteiger partial charge in [-0.25, -0.2) is 0 Å². The third-order valence-electron chi connectivity index (χ3n) is 3.36. The van der Waals surface area contributed by atoms with Gasteiger partial charge in [0.1, 0.15) is 0 Å². The smallest absolute Gasteiger partial charge is 0.320 e. The molecule has 1 aliphatic carbocycles. The van der Waals surface area contributed by atoms with Crippen molar-refractivity contribution in [2.45, 2.75) is 38.0 Å². The summed E-state index contributed by atoms with van der Waals surface area (Å²) in [5.41, 5.74) is 2.08. The number of allylic oxidation sites excluding steroid dienone is 2. The quantitative estimate of drug-likeness (QED) is 0.333. The van der Waals surface area contributed by atoms with Crippen molar-refractivity contribution in [2.75, 3.05) is 14.2 Å². The number of rotatable bonds is 5. The van der Waals surface area contributed by atoms with Crippen molar-refractivity contribution in [3.63, 3.8) is 0 Å². The summed E-state index contributed by atoms with van der Waals surface area (Å²) >= 11 is 0. The summed E-state index contributed by atoms with van der Waals surface area (Å²) in [7, 11) is 1.44. The van der Waals surface area contributed by atoms with Gasteiger partial charge in [-0.05, 0) is 18.4 Å². The normalized spacial score (nSPS) is 21.0. The first-order valence-electron chi connectivity index (χ1n) is 6.15. The Bertz CT molecular complexity index is 352. The molecule has 0 saturated heterocycles. The van der Waals surface area contributed by atoms with E-state index >= 15 is 0 Å². The molecule has 0 aromatic rings. The second-order valence-corrected chi connectivity index (χ2v) is 11.2. The summed E-state index contributed by atoms with van der Waals surface area (Å²) in [4.78, 5) is 23.0. The van der Waals surface area contributed by atoms with Gasteiger partial charge in [0.25, 0.3) is 0 Å². The van der Waals surface area contributed by atoms with Crippen molar-refractivity contribution in [2.24, 2.45) is 5.92 Å². The zero-order valence-corrected chi connectivity index (χ0v) is 12.8. The van der Waals surface area contributed by atoms with Crippen molar-refractivity contribution in [1.82, 2.24) is 0 Å². The fourth-order valence-electron chi connectivity index (χ4n) is 2.11. The molecule has 0 bridgehead atoms. The molecule has 1 aliphatic rings. The summed E-state index contributed by atoms with van der Waals surface area (Å²) in [6, 6.07) is 0. The van der Waals surface area contributed by atoms with Crippen molar-refractivity contribution >= 4 is 20.0 Å². The Hall–Kier alpha value is -1.10. The molecule has 1 atom stereocenters. The standard InChI is InChI=1S/C13H22O4Si/c1-16-12(14)10(13(15)17-2)7-6-9-8-11(9)18(3,4)5/h6,10-11H,7-8H2,1-5H3/b9-6+/t11-/m1/s1. The summed E-state index contributed by atoms with van der Waals surface area (Å²) in [5.74, 6) is -1.87. The molecule has 0 radical (unpaired) electrons. The zero-order valence-electron chi connectivity index (χ0n) is 11.8. The molecule has 5 heteroatoms. The Morgan fingerprint density at radius 3 is 2.11 bits per heavy atom. The van der Waals surface area contributed by atoms with E-state index < -0.39 is 25.9 Å². The van der Waals surface area contributed by atoms with Crippen LogP contribution in [0.1, 0.15) is 12.8 Å². The molecule has 0 aromatic heterocycles. The molecule has 1 saturated carbocycles. The lowest BCUT2D eigenvalue weighted by atomic mass is 10.1. The molecule has 0 amide bonds. The number of esters is 2. The van der Waals surface area contributed by atoms with Crippen molar-refractivity contribution < 1.29 is 19.1 Å². The number of carbonyl (C=O) groups excluding carboxylic acids is 2. The van der Waals surface area contributed by atoms with Crippen molar-refractivity contribution in [3.05, 3.63) is 11.6 Å². The van der Waals surface area contributed by atoms with Gasteiger partial charge in [0, 0.05) is 0 Å². The average molecular weight is 270 g/mol. The van der Waals surface area contributed by atoms with Crippen LogP contribution >= 0.6 is 0 Å². The van der Waals surface area contributed by atoms with Crippen LogP contribution in [0.3, 0.4) is 0 Å². The molecule has 0 spiro atoms. The highest BCUT2D eigenvalue weighted by Crippen LogP contribution is 2.51. The van der Waals surface area contributed by atoms with Gasteiger partial charge in [-0.3, -0.25) is 9.59 Å². The maximum atomic E-state index is 11.5. The lowest BCUT2D eigenvalue weighted by Gasteiger charge is -2.13. The van der Waals surface area contributed by atoms with E-state index in [9.17, 15) is 9.59 Å². The first kappa shape index (κ1) is 15.0. The van der Waals surface area contributed by atoms with Crippen molar-refractivity contribution in [1.29, 1.82) is 0 Å². The number of hydrogen-bond donors (Lipinski definition) is 0. The van der Waals surface area contributed by atoms with Crippen LogP contribution in [0.5, 0.6) is 0 Å². The second kappa shape index (κ2) is 5.69. The number of ether oxygens (including phenoxy) is 2. The highest BCUT2D eigenvalue weighted by atomic mass is 28.3. The predicted molar refractivity (Wildman–Crippen MR) is 71.9 cm³/mol. The summed E-state index contributed by atoms with van der Waals surface area (Å²) in [5, 5.41) is 0. The van der Waals surface area contributed by atoms with Crippen LogP contribution in [-0.2, 0) is 19.1 Å². The summed E-state index contributed by atoms with van der Waals surface area (Å²) in [6.07, 6.45) is 3.52. The Labute approximate surface area is 109 Å². The van der Waals surface area contributed by atoms with Gasteiger partial charge >= 0.3 is 11.9 Å². The number of methoxy groups -OCH3 is 2. The molecular formula is C13H22O4Si. The molecule has 0 heterocycles. The summed E-state index contributed by atoms with van der Waals surface area (Å²) in [6.45, 7) is 6.99. The Morgan fingerprint density at radius 1 is 1.28 bits per heavy atom. The molecule has 4 nitrogen and oxygen atoms in total. The molecule has 18 heavy (non-hydrogen) atoms. The lowest BCUT2D eigenvalue weighted by Crippen LogP contribution is -2.26. The van der Waals surface area contributed by atoms with E-state index in [1.807, 2.05) is 6.08 Å². The van der Waals surface area contributed by atoms with Crippen LogP contribution in [0.4, 0.5) is 0 Å². The van der Waals surface area contributed by atoms with Crippen LogP contribution in [-0.4, -0.2) is 34.2 Å². The average Bonchev–Trinajstić information content (AvgIpc) is 3.07. The fourth-order valence-corrected chi connectivity index (χ4v) is 4.19. The van der Waals surface area contributed by atoms with Gasteiger partial charge in [-0.2, -0.15) is 0 Å². The maximum absolute atomic E-state index is 11.5. The van der Waals surface area contributed by atoms with Crippen molar-refractivity contribution in [3.8, 4) is 0 Å². The number of hydrogen-bond acceptors (Lipinski definition) is 4. The van der Waals surface area contributed by atoms with Gasteiger partial charge in [-0.15, -0.1) is 0 Å². The van der Waals surface area contributed by atoms with Gasteiger partial charge in [-0.1, -0.05) is 31.3 Å². The van der Waals surface area contributed by atoms with Gasteiger partial charge in [0.05, 0.1) is 22.3 Å². The van der Waals surface area contributed by atoms with E-state index in [0.717, 1.165) is 6.42 Å². The monoisotopic (exact) mass is 270 g/mol. The topological polar surface area (TPSA) is 52.6 Å². The third kappa shape index (κ3) is 3.70. The molecule has 1 fully saturated rings. The minimum atomic E-state index is -1.13. The fraction of sp³-hybridized carbons (Fsp3) is 0.692. The van der Waals surface area contributed by atoms with E-state index in [-0.39, 0.29) is 0 Å². The second-order valence-electron chi connectivity index (χ2n) is 5.74. The van der Waals surface area contributed by atoms with Crippen LogP contribution < -0.4 is 0 Å². The van der Waals surface area contributed by atoms with E-state index in [0.29, 0.717) is 12.0 Å².